The van der Waals surface area contributed by atoms with E-state index < -0.39 is 5.60 Å². The van der Waals surface area contributed by atoms with E-state index in [4.69, 9.17) is 10.5 Å². The van der Waals surface area contributed by atoms with Gasteiger partial charge in [-0.1, -0.05) is 13.5 Å². The van der Waals surface area contributed by atoms with Crippen molar-refractivity contribution in [1.29, 1.82) is 0 Å². The van der Waals surface area contributed by atoms with E-state index in [-0.39, 0.29) is 11.9 Å². The van der Waals surface area contributed by atoms with Gasteiger partial charge >= 0.3 is 5.97 Å². The zero-order chi connectivity index (χ0) is 11.4. The molecule has 2 N–H and O–H groups in total. The fourth-order valence-electron chi connectivity index (χ4n) is 0.969. The molecule has 0 aliphatic rings. The van der Waals surface area contributed by atoms with Crippen LogP contribution in [0, 0.1) is 5.92 Å². The van der Waals surface area contributed by atoms with Crippen LogP contribution in [0.2, 0.25) is 0 Å². The second-order valence-corrected chi connectivity index (χ2v) is 4.51. The molecule has 0 aromatic heterocycles. The van der Waals surface area contributed by atoms with Gasteiger partial charge in [-0.05, 0) is 39.7 Å². The van der Waals surface area contributed by atoms with Gasteiger partial charge in [0.25, 0.3) is 0 Å². The van der Waals surface area contributed by atoms with Gasteiger partial charge in [0.1, 0.15) is 5.60 Å². The van der Waals surface area contributed by atoms with Crippen LogP contribution in [0.5, 0.6) is 0 Å². The van der Waals surface area contributed by atoms with Gasteiger partial charge in [0.15, 0.2) is 0 Å². The molecule has 0 aliphatic carbocycles. The van der Waals surface area contributed by atoms with Gasteiger partial charge in [0, 0.05) is 5.57 Å². The van der Waals surface area contributed by atoms with Crippen molar-refractivity contribution in [3.8, 4) is 0 Å². The highest BCUT2D eigenvalue weighted by Crippen LogP contribution is 2.17. The van der Waals surface area contributed by atoms with E-state index in [9.17, 15) is 4.79 Å². The topological polar surface area (TPSA) is 52.3 Å². The number of esters is 1. The van der Waals surface area contributed by atoms with Gasteiger partial charge in [-0.15, -0.1) is 0 Å². The van der Waals surface area contributed by atoms with Crippen LogP contribution in [-0.2, 0) is 9.53 Å². The van der Waals surface area contributed by atoms with Crippen LogP contribution in [0.25, 0.3) is 0 Å². The maximum absolute atomic E-state index is 11.5. The van der Waals surface area contributed by atoms with Crippen molar-refractivity contribution >= 4 is 5.97 Å². The quantitative estimate of drug-likeness (QED) is 0.555. The van der Waals surface area contributed by atoms with Gasteiger partial charge in [-0.3, -0.25) is 0 Å². The second kappa shape index (κ2) is 5.15. The van der Waals surface area contributed by atoms with E-state index in [0.29, 0.717) is 12.1 Å². The summed E-state index contributed by atoms with van der Waals surface area (Å²) in [5.41, 5.74) is 5.45. The van der Waals surface area contributed by atoms with E-state index in [0.717, 1.165) is 6.42 Å². The van der Waals surface area contributed by atoms with Crippen LogP contribution in [0.3, 0.4) is 0 Å². The van der Waals surface area contributed by atoms with Crippen LogP contribution in [-0.4, -0.2) is 18.1 Å². The number of carbonyl (C=O) groups is 1. The number of hydrogen-bond acceptors (Lipinski definition) is 3. The smallest absolute Gasteiger partial charge is 0.334 e. The molecule has 0 spiro atoms. The molecule has 3 heteroatoms. The molecule has 0 radical (unpaired) electrons. The first-order chi connectivity index (χ1) is 6.28. The third kappa shape index (κ3) is 5.02. The zero-order valence-electron chi connectivity index (χ0n) is 9.59. The normalized spacial score (nSPS) is 13.5. The Balaban J connectivity index is 4.19. The number of carbonyl (C=O) groups excluding carboxylic acids is 1. The highest BCUT2D eigenvalue weighted by atomic mass is 16.6. The Labute approximate surface area is 86.3 Å². The number of ether oxygens (including phenoxy) is 1. The van der Waals surface area contributed by atoms with Crippen molar-refractivity contribution < 1.29 is 9.53 Å². The molecule has 0 amide bonds. The van der Waals surface area contributed by atoms with Crippen molar-refractivity contribution in [2.75, 3.05) is 6.54 Å². The van der Waals surface area contributed by atoms with Crippen LogP contribution in [0.15, 0.2) is 12.2 Å². The molecule has 0 rings (SSSR count). The summed E-state index contributed by atoms with van der Waals surface area (Å²) in [4.78, 5) is 11.5. The van der Waals surface area contributed by atoms with E-state index in [1.54, 1.807) is 0 Å². The first kappa shape index (κ1) is 13.2. The number of nitrogens with two attached hydrogens (primary N) is 1. The molecule has 0 aromatic rings. The lowest BCUT2D eigenvalue weighted by Gasteiger charge is -2.22. The summed E-state index contributed by atoms with van der Waals surface area (Å²) >= 11 is 0. The van der Waals surface area contributed by atoms with E-state index in [1.807, 2.05) is 27.7 Å². The molecule has 0 heterocycles. The lowest BCUT2D eigenvalue weighted by molar-refractivity contribution is -0.150. The Hall–Kier alpha value is -0.830. The Kier molecular flexibility index (Phi) is 4.85. The summed E-state index contributed by atoms with van der Waals surface area (Å²) in [7, 11) is 0. The van der Waals surface area contributed by atoms with Crippen molar-refractivity contribution in [3.63, 3.8) is 0 Å². The van der Waals surface area contributed by atoms with Crippen LogP contribution < -0.4 is 5.73 Å². The monoisotopic (exact) mass is 199 g/mol. The molecule has 0 aromatic carbocycles. The first-order valence-electron chi connectivity index (χ1n) is 4.90. The van der Waals surface area contributed by atoms with E-state index in [1.165, 1.54) is 0 Å². The Morgan fingerprint density at radius 1 is 1.50 bits per heavy atom. The second-order valence-electron chi connectivity index (χ2n) is 4.51. The largest absolute Gasteiger partial charge is 0.457 e. The minimum atomic E-state index is -0.456. The SMILES string of the molecule is C=C(C(=O)OC(C)(C)C)C(C)CCN. The van der Waals surface area contributed by atoms with Gasteiger partial charge in [0.05, 0.1) is 0 Å². The molecule has 1 unspecified atom stereocenters. The lowest BCUT2D eigenvalue weighted by atomic mass is 9.99. The highest BCUT2D eigenvalue weighted by molar-refractivity contribution is 5.88. The van der Waals surface area contributed by atoms with Gasteiger partial charge in [-0.2, -0.15) is 0 Å². The van der Waals surface area contributed by atoms with Crippen molar-refractivity contribution in [3.05, 3.63) is 12.2 Å². The Morgan fingerprint density at radius 3 is 2.36 bits per heavy atom. The van der Waals surface area contributed by atoms with Gasteiger partial charge in [0.2, 0.25) is 0 Å². The minimum Gasteiger partial charge on any atom is -0.457 e. The van der Waals surface area contributed by atoms with Crippen LogP contribution in [0.1, 0.15) is 34.1 Å². The molecule has 82 valence electrons. The third-order valence-electron chi connectivity index (χ3n) is 1.86. The molecule has 0 saturated heterocycles. The standard InChI is InChI=1S/C11H21NO2/c1-8(6-7-12)9(2)10(13)14-11(3,4)5/h8H,2,6-7,12H2,1,3-5H3. The molecule has 3 nitrogen and oxygen atoms in total. The first-order valence-corrected chi connectivity index (χ1v) is 4.90. The summed E-state index contributed by atoms with van der Waals surface area (Å²) in [6, 6.07) is 0. The van der Waals surface area contributed by atoms with Crippen LogP contribution >= 0.6 is 0 Å². The lowest BCUT2D eigenvalue weighted by Crippen LogP contribution is -2.26. The number of rotatable bonds is 4. The zero-order valence-corrected chi connectivity index (χ0v) is 9.59. The summed E-state index contributed by atoms with van der Waals surface area (Å²) in [6.07, 6.45) is 0.762. The van der Waals surface area contributed by atoms with E-state index in [2.05, 4.69) is 6.58 Å². The van der Waals surface area contributed by atoms with Crippen LogP contribution in [0.4, 0.5) is 0 Å². The van der Waals surface area contributed by atoms with Gasteiger partial charge < -0.3 is 10.5 Å². The Bertz CT molecular complexity index is 216. The molecular formula is C11H21NO2. The summed E-state index contributed by atoms with van der Waals surface area (Å²) in [5, 5.41) is 0. The predicted molar refractivity (Wildman–Crippen MR) is 57.8 cm³/mol. The number of hydrogen-bond donors (Lipinski definition) is 1. The highest BCUT2D eigenvalue weighted by Gasteiger charge is 2.21. The summed E-state index contributed by atoms with van der Waals surface area (Å²) < 4.78 is 5.19. The summed E-state index contributed by atoms with van der Waals surface area (Å²) in [6.45, 7) is 11.7. The average molecular weight is 199 g/mol. The average Bonchev–Trinajstić information content (AvgIpc) is 2.00. The predicted octanol–water partition coefficient (Wildman–Crippen LogP) is 1.87. The molecule has 14 heavy (non-hydrogen) atoms. The molecular weight excluding hydrogens is 178 g/mol. The Morgan fingerprint density at radius 2 is 2.00 bits per heavy atom. The summed E-state index contributed by atoms with van der Waals surface area (Å²) in [5.74, 6) is -0.228. The fourth-order valence-corrected chi connectivity index (χ4v) is 0.969. The maximum atomic E-state index is 11.5. The van der Waals surface area contributed by atoms with Crippen molar-refractivity contribution in [2.45, 2.75) is 39.7 Å². The molecule has 0 bridgehead atoms. The van der Waals surface area contributed by atoms with Crippen molar-refractivity contribution in [1.82, 2.24) is 0 Å². The van der Waals surface area contributed by atoms with E-state index >= 15 is 0 Å². The third-order valence-corrected chi connectivity index (χ3v) is 1.86. The molecule has 0 fully saturated rings. The molecule has 0 saturated carbocycles. The van der Waals surface area contributed by atoms with Crippen molar-refractivity contribution in [2.24, 2.45) is 11.7 Å². The van der Waals surface area contributed by atoms with Gasteiger partial charge in [-0.25, -0.2) is 4.79 Å². The molecule has 0 aliphatic heterocycles. The minimum absolute atomic E-state index is 0.0925. The molecule has 1 atom stereocenters. The fraction of sp³-hybridized carbons (Fsp3) is 0.727. The maximum Gasteiger partial charge on any atom is 0.334 e.